The highest BCUT2D eigenvalue weighted by molar-refractivity contribution is 6.30. The zero-order valence-electron chi connectivity index (χ0n) is 15.7. The van der Waals surface area contributed by atoms with Crippen molar-refractivity contribution >= 4 is 17.5 Å². The molecule has 0 spiro atoms. The first-order chi connectivity index (χ1) is 13.7. The Labute approximate surface area is 169 Å². The normalized spacial score (nSPS) is 16.3. The number of anilines is 1. The molecule has 1 saturated heterocycles. The average Bonchev–Trinajstić information content (AvgIpc) is 2.73. The maximum absolute atomic E-state index is 6.27. The van der Waals surface area contributed by atoms with Crippen LogP contribution in [-0.4, -0.2) is 48.1 Å². The van der Waals surface area contributed by atoms with E-state index in [-0.39, 0.29) is 0 Å². The molecule has 1 aromatic heterocycles. The lowest BCUT2D eigenvalue weighted by Crippen LogP contribution is -2.45. The van der Waals surface area contributed by atoms with Crippen molar-refractivity contribution in [1.29, 1.82) is 0 Å². The minimum Gasteiger partial charge on any atom is -0.488 e. The number of hydrogen-bond acceptors (Lipinski definition) is 5. The lowest BCUT2D eigenvalue weighted by molar-refractivity contribution is 0.300. The fourth-order valence-corrected chi connectivity index (χ4v) is 3.98. The van der Waals surface area contributed by atoms with Crippen molar-refractivity contribution in [2.75, 3.05) is 38.1 Å². The molecule has 2 aromatic carbocycles. The molecule has 0 atom stereocenters. The average molecular weight is 393 g/mol. The number of piperazine rings is 1. The first kappa shape index (κ1) is 17.5. The molecule has 6 heteroatoms. The third-order valence-electron chi connectivity index (χ3n) is 5.39. The number of aromatic nitrogens is 2. The number of likely N-dealkylation sites (N-methyl/N-ethyl adjacent to an activating group) is 1. The van der Waals surface area contributed by atoms with Gasteiger partial charge < -0.3 is 14.5 Å². The van der Waals surface area contributed by atoms with Gasteiger partial charge in [-0.05, 0) is 31.3 Å². The number of nitrogens with zero attached hydrogens (tertiary/aromatic N) is 4. The summed E-state index contributed by atoms with van der Waals surface area (Å²) in [5.74, 6) is 1.65. The third-order valence-corrected chi connectivity index (χ3v) is 5.63. The van der Waals surface area contributed by atoms with Crippen LogP contribution in [0.4, 0.5) is 5.95 Å². The highest BCUT2D eigenvalue weighted by Gasteiger charge is 2.26. The van der Waals surface area contributed by atoms with Crippen molar-refractivity contribution in [2.45, 2.75) is 6.61 Å². The third kappa shape index (κ3) is 3.11. The minimum absolute atomic E-state index is 0.456. The van der Waals surface area contributed by atoms with Gasteiger partial charge in [0.25, 0.3) is 0 Å². The summed E-state index contributed by atoms with van der Waals surface area (Å²) in [5, 5.41) is 0.697. The fraction of sp³-hybridized carbons (Fsp3) is 0.273. The van der Waals surface area contributed by atoms with Crippen LogP contribution in [0.25, 0.3) is 22.5 Å². The molecule has 2 aliphatic heterocycles. The Morgan fingerprint density at radius 3 is 2.54 bits per heavy atom. The van der Waals surface area contributed by atoms with Gasteiger partial charge in [0.2, 0.25) is 5.95 Å². The van der Waals surface area contributed by atoms with E-state index in [4.69, 9.17) is 26.3 Å². The number of hydrogen-bond donors (Lipinski definition) is 0. The van der Waals surface area contributed by atoms with E-state index in [9.17, 15) is 0 Å². The molecule has 5 nitrogen and oxygen atoms in total. The molecular weight excluding hydrogens is 372 g/mol. The van der Waals surface area contributed by atoms with Gasteiger partial charge in [-0.3, -0.25) is 0 Å². The lowest BCUT2D eigenvalue weighted by Gasteiger charge is -2.33. The van der Waals surface area contributed by atoms with E-state index in [1.165, 1.54) is 0 Å². The molecule has 1 fully saturated rings. The summed E-state index contributed by atoms with van der Waals surface area (Å²) >= 11 is 6.27. The van der Waals surface area contributed by atoms with Gasteiger partial charge in [-0.25, -0.2) is 9.97 Å². The predicted octanol–water partition coefficient (Wildman–Crippen LogP) is 4.11. The molecule has 142 valence electrons. The van der Waals surface area contributed by atoms with Crippen molar-refractivity contribution in [3.8, 4) is 28.3 Å². The van der Waals surface area contributed by atoms with Crippen molar-refractivity contribution in [1.82, 2.24) is 14.9 Å². The molecule has 0 unspecified atom stereocenters. The van der Waals surface area contributed by atoms with E-state index < -0.39 is 0 Å². The van der Waals surface area contributed by atoms with Gasteiger partial charge in [-0.15, -0.1) is 0 Å². The second kappa shape index (κ2) is 7.08. The summed E-state index contributed by atoms with van der Waals surface area (Å²) in [6, 6.07) is 15.9. The molecule has 28 heavy (non-hydrogen) atoms. The first-order valence-corrected chi connectivity index (χ1v) is 9.89. The van der Waals surface area contributed by atoms with E-state index in [1.54, 1.807) is 0 Å². The maximum Gasteiger partial charge on any atom is 0.226 e. The summed E-state index contributed by atoms with van der Waals surface area (Å²) in [6.07, 6.45) is 0. The molecule has 0 amide bonds. The van der Waals surface area contributed by atoms with Crippen LogP contribution in [0.3, 0.4) is 0 Å². The topological polar surface area (TPSA) is 41.5 Å². The smallest absolute Gasteiger partial charge is 0.226 e. The molecule has 0 radical (unpaired) electrons. The molecule has 3 heterocycles. The van der Waals surface area contributed by atoms with Crippen molar-refractivity contribution in [3.63, 3.8) is 0 Å². The zero-order valence-corrected chi connectivity index (χ0v) is 16.5. The standard InChI is InChI=1S/C22H21ClN4O/c1-26-9-11-27(12-10-26)22-24-20(15-5-4-6-16(23)13-15)18-14-28-19-8-3-2-7-17(19)21(18)25-22/h2-8,13H,9-12,14H2,1H3. The number of rotatable bonds is 2. The van der Waals surface area contributed by atoms with Gasteiger partial charge in [-0.1, -0.05) is 35.9 Å². The Morgan fingerprint density at radius 1 is 0.929 bits per heavy atom. The van der Waals surface area contributed by atoms with Gasteiger partial charge in [-0.2, -0.15) is 0 Å². The molecule has 0 aliphatic carbocycles. The molecule has 0 saturated carbocycles. The van der Waals surface area contributed by atoms with Crippen LogP contribution in [0.15, 0.2) is 48.5 Å². The predicted molar refractivity (Wildman–Crippen MR) is 112 cm³/mol. The van der Waals surface area contributed by atoms with Crippen molar-refractivity contribution < 1.29 is 4.74 Å². The van der Waals surface area contributed by atoms with E-state index in [2.05, 4.69) is 22.9 Å². The Morgan fingerprint density at radius 2 is 1.71 bits per heavy atom. The molecule has 3 aromatic rings. The van der Waals surface area contributed by atoms with Crippen LogP contribution in [0, 0.1) is 0 Å². The largest absolute Gasteiger partial charge is 0.488 e. The Hall–Kier alpha value is -2.63. The van der Waals surface area contributed by atoms with Crippen LogP contribution in [0.1, 0.15) is 5.56 Å². The number of fused-ring (bicyclic) bond motifs is 3. The van der Waals surface area contributed by atoms with Crippen molar-refractivity contribution in [2.24, 2.45) is 0 Å². The Balaban J connectivity index is 1.69. The Kier molecular flexibility index (Phi) is 4.41. The van der Waals surface area contributed by atoms with E-state index in [1.807, 2.05) is 42.5 Å². The molecule has 5 rings (SSSR count). The van der Waals surface area contributed by atoms with Gasteiger partial charge in [0.05, 0.1) is 11.4 Å². The number of benzene rings is 2. The first-order valence-electron chi connectivity index (χ1n) is 9.51. The maximum atomic E-state index is 6.27. The summed E-state index contributed by atoms with van der Waals surface area (Å²) in [6.45, 7) is 4.31. The highest BCUT2D eigenvalue weighted by Crippen LogP contribution is 2.40. The summed E-state index contributed by atoms with van der Waals surface area (Å²) in [7, 11) is 2.15. The highest BCUT2D eigenvalue weighted by atomic mass is 35.5. The number of para-hydroxylation sites is 1. The van der Waals surface area contributed by atoms with Crippen LogP contribution >= 0.6 is 11.6 Å². The summed E-state index contributed by atoms with van der Waals surface area (Å²) in [5.41, 5.74) is 4.88. The minimum atomic E-state index is 0.456. The molecule has 0 N–H and O–H groups in total. The lowest BCUT2D eigenvalue weighted by atomic mass is 9.98. The number of ether oxygens (including phenoxy) is 1. The van der Waals surface area contributed by atoms with E-state index >= 15 is 0 Å². The molecule has 2 aliphatic rings. The Bertz CT molecular complexity index is 1030. The van der Waals surface area contributed by atoms with Crippen LogP contribution in [0.5, 0.6) is 5.75 Å². The second-order valence-electron chi connectivity index (χ2n) is 7.28. The van der Waals surface area contributed by atoms with Gasteiger partial charge in [0.1, 0.15) is 12.4 Å². The second-order valence-corrected chi connectivity index (χ2v) is 7.72. The van der Waals surface area contributed by atoms with E-state index in [0.717, 1.165) is 66.0 Å². The van der Waals surface area contributed by atoms with E-state index in [0.29, 0.717) is 11.6 Å². The fourth-order valence-electron chi connectivity index (χ4n) is 3.79. The van der Waals surface area contributed by atoms with Gasteiger partial charge in [0, 0.05) is 47.9 Å². The van der Waals surface area contributed by atoms with Crippen molar-refractivity contribution in [3.05, 3.63) is 59.1 Å². The quantitative estimate of drug-likeness (QED) is 0.656. The SMILES string of the molecule is CN1CCN(c2nc(-c3cccc(Cl)c3)c3c(n2)-c2ccccc2OC3)CC1. The monoisotopic (exact) mass is 392 g/mol. The molecular formula is C22H21ClN4O. The zero-order chi connectivity index (χ0) is 19.1. The van der Waals surface area contributed by atoms with Gasteiger partial charge in [0.15, 0.2) is 0 Å². The van der Waals surface area contributed by atoms with Crippen LogP contribution in [-0.2, 0) is 6.61 Å². The molecule has 0 bridgehead atoms. The van der Waals surface area contributed by atoms with Crippen LogP contribution < -0.4 is 9.64 Å². The summed E-state index contributed by atoms with van der Waals surface area (Å²) in [4.78, 5) is 14.6. The van der Waals surface area contributed by atoms with Crippen LogP contribution in [0.2, 0.25) is 5.02 Å². The number of halogens is 1. The van der Waals surface area contributed by atoms with Gasteiger partial charge >= 0.3 is 0 Å². The summed E-state index contributed by atoms with van der Waals surface area (Å²) < 4.78 is 6.01.